The second-order valence-electron chi connectivity index (χ2n) is 5.09. The minimum atomic E-state index is -0.383. The van der Waals surface area contributed by atoms with Gasteiger partial charge in [-0.2, -0.15) is 0 Å². The molecule has 0 bridgehead atoms. The van der Waals surface area contributed by atoms with Crippen LogP contribution in [0.25, 0.3) is 0 Å². The van der Waals surface area contributed by atoms with Crippen LogP contribution in [0.2, 0.25) is 0 Å². The molecule has 0 spiro atoms. The Morgan fingerprint density at radius 1 is 1.00 bits per heavy atom. The molecule has 0 saturated heterocycles. The van der Waals surface area contributed by atoms with Crippen LogP contribution in [-0.2, 0) is 4.74 Å². The van der Waals surface area contributed by atoms with Crippen molar-refractivity contribution in [3.05, 3.63) is 77.0 Å². The molecule has 0 aliphatic carbocycles. The molecule has 0 saturated carbocycles. The number of benzene rings is 2. The lowest BCUT2D eigenvalue weighted by Gasteiger charge is -2.26. The molecule has 2 aromatic carbocycles. The molecule has 0 amide bonds. The van der Waals surface area contributed by atoms with Crippen LogP contribution >= 0.6 is 23.6 Å². The predicted molar refractivity (Wildman–Crippen MR) is 107 cm³/mol. The standard InChI is InChI=1S/C19H16N2O2S2/c1-23-18(22)17-16(12-13-25-17)20-19(24)21(14-8-4-2-5-9-14)15-10-6-3-7-11-15/h2-13H,1H3,(H,20,24). The van der Waals surface area contributed by atoms with Crippen LogP contribution in [-0.4, -0.2) is 18.2 Å². The molecule has 1 heterocycles. The van der Waals surface area contributed by atoms with Gasteiger partial charge in [-0.15, -0.1) is 11.3 Å². The molecule has 3 rings (SSSR count). The van der Waals surface area contributed by atoms with Crippen molar-refractivity contribution in [1.82, 2.24) is 0 Å². The fraction of sp³-hybridized carbons (Fsp3) is 0.0526. The number of para-hydroxylation sites is 2. The molecular formula is C19H16N2O2S2. The first-order valence-electron chi connectivity index (χ1n) is 7.57. The van der Waals surface area contributed by atoms with E-state index in [1.165, 1.54) is 18.4 Å². The Morgan fingerprint density at radius 3 is 2.08 bits per heavy atom. The largest absolute Gasteiger partial charge is 0.465 e. The summed E-state index contributed by atoms with van der Waals surface area (Å²) in [6, 6.07) is 21.5. The number of carbonyl (C=O) groups is 1. The molecule has 1 aromatic heterocycles. The first kappa shape index (κ1) is 17.1. The van der Waals surface area contributed by atoms with E-state index in [2.05, 4.69) is 5.32 Å². The van der Waals surface area contributed by atoms with E-state index >= 15 is 0 Å². The van der Waals surface area contributed by atoms with Gasteiger partial charge in [0, 0.05) is 11.4 Å². The van der Waals surface area contributed by atoms with Crippen molar-refractivity contribution in [2.45, 2.75) is 0 Å². The Hall–Kier alpha value is -2.70. The number of esters is 1. The van der Waals surface area contributed by atoms with Crippen LogP contribution in [0.5, 0.6) is 0 Å². The van der Waals surface area contributed by atoms with Crippen LogP contribution in [0.4, 0.5) is 17.1 Å². The van der Waals surface area contributed by atoms with Crippen molar-refractivity contribution in [2.75, 3.05) is 17.3 Å². The van der Waals surface area contributed by atoms with E-state index in [0.717, 1.165) is 11.4 Å². The molecule has 0 aliphatic rings. The molecule has 4 nitrogen and oxygen atoms in total. The van der Waals surface area contributed by atoms with Gasteiger partial charge in [0.2, 0.25) is 0 Å². The number of thiocarbonyl (C=S) groups is 1. The molecule has 0 unspecified atom stereocenters. The van der Waals surface area contributed by atoms with Gasteiger partial charge in [0.15, 0.2) is 5.11 Å². The zero-order chi connectivity index (χ0) is 17.6. The first-order chi connectivity index (χ1) is 12.2. The minimum Gasteiger partial charge on any atom is -0.465 e. The van der Waals surface area contributed by atoms with E-state index in [9.17, 15) is 4.79 Å². The number of thiophene rings is 1. The quantitative estimate of drug-likeness (QED) is 0.514. The van der Waals surface area contributed by atoms with Crippen LogP contribution in [0.15, 0.2) is 72.1 Å². The number of rotatable bonds is 4. The summed E-state index contributed by atoms with van der Waals surface area (Å²) in [4.78, 5) is 14.3. The number of ether oxygens (including phenoxy) is 1. The first-order valence-corrected chi connectivity index (χ1v) is 8.86. The summed E-state index contributed by atoms with van der Waals surface area (Å²) in [5.41, 5.74) is 2.50. The van der Waals surface area contributed by atoms with Gasteiger partial charge >= 0.3 is 5.97 Å². The van der Waals surface area contributed by atoms with E-state index in [4.69, 9.17) is 17.0 Å². The number of hydrogen-bond donors (Lipinski definition) is 1. The molecular weight excluding hydrogens is 352 g/mol. The third-order valence-corrected chi connectivity index (χ3v) is 4.69. The van der Waals surface area contributed by atoms with Gasteiger partial charge in [-0.3, -0.25) is 4.90 Å². The number of carbonyl (C=O) groups excluding carboxylic acids is 1. The minimum absolute atomic E-state index is 0.383. The van der Waals surface area contributed by atoms with Gasteiger partial charge < -0.3 is 10.1 Å². The highest BCUT2D eigenvalue weighted by atomic mass is 32.1. The second kappa shape index (κ2) is 7.92. The number of anilines is 3. The van der Waals surface area contributed by atoms with Gasteiger partial charge in [0.25, 0.3) is 0 Å². The molecule has 3 aromatic rings. The molecule has 0 aliphatic heterocycles. The molecule has 0 fully saturated rings. The van der Waals surface area contributed by atoms with Gasteiger partial charge in [0.05, 0.1) is 12.8 Å². The Morgan fingerprint density at radius 2 is 1.56 bits per heavy atom. The Balaban J connectivity index is 1.93. The lowest BCUT2D eigenvalue weighted by atomic mass is 10.2. The van der Waals surface area contributed by atoms with Crippen molar-refractivity contribution < 1.29 is 9.53 Å². The molecule has 25 heavy (non-hydrogen) atoms. The summed E-state index contributed by atoms with van der Waals surface area (Å²) >= 11 is 6.95. The number of nitrogens with one attached hydrogen (secondary N) is 1. The number of methoxy groups -OCH3 is 1. The summed E-state index contributed by atoms with van der Waals surface area (Å²) in [7, 11) is 1.37. The topological polar surface area (TPSA) is 41.6 Å². The van der Waals surface area contributed by atoms with Crippen molar-refractivity contribution in [3.63, 3.8) is 0 Å². The Kier molecular flexibility index (Phi) is 5.42. The van der Waals surface area contributed by atoms with Crippen molar-refractivity contribution in [2.24, 2.45) is 0 Å². The van der Waals surface area contributed by atoms with Crippen molar-refractivity contribution in [1.29, 1.82) is 0 Å². The van der Waals surface area contributed by atoms with Crippen LogP contribution in [0.1, 0.15) is 9.67 Å². The highest BCUT2D eigenvalue weighted by molar-refractivity contribution is 7.80. The van der Waals surface area contributed by atoms with Crippen LogP contribution < -0.4 is 10.2 Å². The van der Waals surface area contributed by atoms with Crippen LogP contribution in [0.3, 0.4) is 0 Å². The summed E-state index contributed by atoms with van der Waals surface area (Å²) in [5.74, 6) is -0.383. The predicted octanol–water partition coefficient (Wildman–Crippen LogP) is 5.07. The maximum Gasteiger partial charge on any atom is 0.350 e. The molecule has 0 radical (unpaired) electrons. The third-order valence-electron chi connectivity index (χ3n) is 3.51. The third kappa shape index (κ3) is 3.87. The van der Waals surface area contributed by atoms with E-state index in [-0.39, 0.29) is 5.97 Å². The maximum atomic E-state index is 11.9. The summed E-state index contributed by atoms with van der Waals surface area (Å²) in [6.45, 7) is 0. The maximum absolute atomic E-state index is 11.9. The summed E-state index contributed by atoms with van der Waals surface area (Å²) in [5, 5.41) is 5.47. The molecule has 0 atom stereocenters. The highest BCUT2D eigenvalue weighted by Crippen LogP contribution is 2.28. The number of nitrogens with zero attached hydrogens (tertiary/aromatic N) is 1. The molecule has 1 N–H and O–H groups in total. The normalized spacial score (nSPS) is 10.1. The lowest BCUT2D eigenvalue weighted by Crippen LogP contribution is -2.30. The summed E-state index contributed by atoms with van der Waals surface area (Å²) in [6.07, 6.45) is 0. The highest BCUT2D eigenvalue weighted by Gasteiger charge is 2.19. The van der Waals surface area contributed by atoms with Crippen LogP contribution in [0, 0.1) is 0 Å². The van der Waals surface area contributed by atoms with E-state index in [1.54, 1.807) is 0 Å². The monoisotopic (exact) mass is 368 g/mol. The molecule has 6 heteroatoms. The van der Waals surface area contributed by atoms with Gasteiger partial charge in [0.1, 0.15) is 4.88 Å². The van der Waals surface area contributed by atoms with E-state index in [1.807, 2.05) is 77.0 Å². The van der Waals surface area contributed by atoms with Crippen molar-refractivity contribution >= 4 is 51.7 Å². The van der Waals surface area contributed by atoms with Gasteiger partial charge in [-0.05, 0) is 47.9 Å². The Labute approximate surface area is 155 Å². The average molecular weight is 368 g/mol. The molecule has 126 valence electrons. The van der Waals surface area contributed by atoms with E-state index < -0.39 is 0 Å². The average Bonchev–Trinajstić information content (AvgIpc) is 3.11. The zero-order valence-corrected chi connectivity index (χ0v) is 15.1. The van der Waals surface area contributed by atoms with E-state index in [0.29, 0.717) is 15.7 Å². The SMILES string of the molecule is COC(=O)c1sccc1NC(=S)N(c1ccccc1)c1ccccc1. The zero-order valence-electron chi connectivity index (χ0n) is 13.5. The van der Waals surface area contributed by atoms with Crippen molar-refractivity contribution in [3.8, 4) is 0 Å². The van der Waals surface area contributed by atoms with Gasteiger partial charge in [-0.1, -0.05) is 36.4 Å². The summed E-state index contributed by atoms with van der Waals surface area (Å²) < 4.78 is 4.82. The number of hydrogen-bond acceptors (Lipinski definition) is 4. The lowest BCUT2D eigenvalue weighted by molar-refractivity contribution is 0.0607. The second-order valence-corrected chi connectivity index (χ2v) is 6.39. The fourth-order valence-electron chi connectivity index (χ4n) is 2.37. The van der Waals surface area contributed by atoms with Gasteiger partial charge in [-0.25, -0.2) is 4.79 Å². The fourth-order valence-corrected chi connectivity index (χ4v) is 3.45. The smallest absolute Gasteiger partial charge is 0.350 e. The Bertz CT molecular complexity index is 824.